The summed E-state index contributed by atoms with van der Waals surface area (Å²) in [6, 6.07) is 12.1. The zero-order valence-corrected chi connectivity index (χ0v) is 15.6. The van der Waals surface area contributed by atoms with E-state index in [1.54, 1.807) is 36.4 Å². The average Bonchev–Trinajstić information content (AvgIpc) is 3.46. The van der Waals surface area contributed by atoms with Crippen molar-refractivity contribution in [3.05, 3.63) is 59.2 Å². The highest BCUT2D eigenvalue weighted by atomic mass is 16.4. The maximum absolute atomic E-state index is 12.4. The van der Waals surface area contributed by atoms with Crippen molar-refractivity contribution in [3.8, 4) is 0 Å². The number of rotatable bonds is 7. The zero-order valence-electron chi connectivity index (χ0n) is 15.6. The molecule has 0 heterocycles. The third-order valence-corrected chi connectivity index (χ3v) is 4.47. The number of carbonyl (C=O) groups excluding carboxylic acids is 2. The molecule has 2 aromatic carbocycles. The Morgan fingerprint density at radius 2 is 1.86 bits per heavy atom. The number of benzene rings is 2. The van der Waals surface area contributed by atoms with Crippen molar-refractivity contribution in [2.24, 2.45) is 0 Å². The van der Waals surface area contributed by atoms with Gasteiger partial charge in [-0.2, -0.15) is 0 Å². The highest BCUT2D eigenvalue weighted by Crippen LogP contribution is 2.21. The fraction of sp³-hybridized carbons (Fsp3) is 0.286. The van der Waals surface area contributed by atoms with Crippen molar-refractivity contribution in [1.29, 1.82) is 0 Å². The number of nitrogens with one attached hydrogen (secondary N) is 3. The lowest BCUT2D eigenvalue weighted by Crippen LogP contribution is -2.26. The van der Waals surface area contributed by atoms with Gasteiger partial charge in [0.1, 0.15) is 0 Å². The molecule has 0 unspecified atom stereocenters. The van der Waals surface area contributed by atoms with E-state index in [0.29, 0.717) is 23.4 Å². The minimum Gasteiger partial charge on any atom is -0.481 e. The standard InChI is InChI=1S/C21H23N3O4/c1-13-5-7-15(20(27)22-16-8-9-16)12-18(13)24-21(28)23-17-4-2-3-14(11-17)6-10-19(25)26/h2-5,7,11-12,16H,6,8-10H2,1H3,(H,22,27)(H,25,26)(H2,23,24,28). The molecule has 1 saturated carbocycles. The van der Waals surface area contributed by atoms with Crippen LogP contribution in [0.25, 0.3) is 0 Å². The maximum atomic E-state index is 12.4. The van der Waals surface area contributed by atoms with Crippen LogP contribution < -0.4 is 16.0 Å². The largest absolute Gasteiger partial charge is 0.481 e. The summed E-state index contributed by atoms with van der Waals surface area (Å²) < 4.78 is 0. The molecule has 7 heteroatoms. The predicted molar refractivity (Wildman–Crippen MR) is 107 cm³/mol. The van der Waals surface area contributed by atoms with Crippen molar-refractivity contribution in [2.45, 2.75) is 38.6 Å². The van der Waals surface area contributed by atoms with Crippen LogP contribution in [-0.4, -0.2) is 29.1 Å². The van der Waals surface area contributed by atoms with Crippen molar-refractivity contribution in [2.75, 3.05) is 10.6 Å². The molecule has 7 nitrogen and oxygen atoms in total. The highest BCUT2D eigenvalue weighted by molar-refractivity contribution is 6.02. The molecule has 0 aromatic heterocycles. The first-order valence-corrected chi connectivity index (χ1v) is 9.21. The third-order valence-electron chi connectivity index (χ3n) is 4.47. The Hall–Kier alpha value is -3.35. The van der Waals surface area contributed by atoms with Crippen LogP contribution in [-0.2, 0) is 11.2 Å². The summed E-state index contributed by atoms with van der Waals surface area (Å²) in [5.41, 5.74) is 3.30. The summed E-state index contributed by atoms with van der Waals surface area (Å²) in [6.45, 7) is 1.85. The zero-order chi connectivity index (χ0) is 20.1. The Kier molecular flexibility index (Phi) is 5.93. The fourth-order valence-electron chi connectivity index (χ4n) is 2.73. The van der Waals surface area contributed by atoms with Gasteiger partial charge in [-0.05, 0) is 61.6 Å². The van der Waals surface area contributed by atoms with Gasteiger partial charge in [-0.1, -0.05) is 18.2 Å². The summed E-state index contributed by atoms with van der Waals surface area (Å²) in [5, 5.41) is 17.2. The molecule has 0 spiro atoms. The smallest absolute Gasteiger partial charge is 0.323 e. The topological polar surface area (TPSA) is 108 Å². The first kappa shape index (κ1) is 19.4. The van der Waals surface area contributed by atoms with Crippen LogP contribution in [0, 0.1) is 6.92 Å². The van der Waals surface area contributed by atoms with Crippen LogP contribution in [0.5, 0.6) is 0 Å². The van der Waals surface area contributed by atoms with Gasteiger partial charge in [0.25, 0.3) is 5.91 Å². The van der Waals surface area contributed by atoms with E-state index in [4.69, 9.17) is 5.11 Å². The number of anilines is 2. The van der Waals surface area contributed by atoms with Crippen LogP contribution in [0.15, 0.2) is 42.5 Å². The molecule has 0 saturated heterocycles. The number of urea groups is 1. The van der Waals surface area contributed by atoms with Gasteiger partial charge in [-0.25, -0.2) is 4.79 Å². The van der Waals surface area contributed by atoms with E-state index in [1.165, 1.54) is 0 Å². The first-order chi connectivity index (χ1) is 13.4. The molecule has 1 aliphatic rings. The molecule has 0 aliphatic heterocycles. The van der Waals surface area contributed by atoms with Gasteiger partial charge < -0.3 is 21.1 Å². The molecule has 3 rings (SSSR count). The minimum absolute atomic E-state index is 0.0323. The normalized spacial score (nSPS) is 12.9. The molecule has 0 bridgehead atoms. The second kappa shape index (κ2) is 8.56. The maximum Gasteiger partial charge on any atom is 0.323 e. The molecule has 0 atom stereocenters. The van der Waals surface area contributed by atoms with Crippen LogP contribution in [0.3, 0.4) is 0 Å². The Morgan fingerprint density at radius 1 is 1.07 bits per heavy atom. The number of carboxylic acids is 1. The highest BCUT2D eigenvalue weighted by Gasteiger charge is 2.24. The summed E-state index contributed by atoms with van der Waals surface area (Å²) in [4.78, 5) is 35.3. The molecule has 4 N–H and O–H groups in total. The summed E-state index contributed by atoms with van der Waals surface area (Å²) in [5.74, 6) is -1.01. The molecule has 28 heavy (non-hydrogen) atoms. The van der Waals surface area contributed by atoms with Gasteiger partial charge in [0, 0.05) is 29.4 Å². The average molecular weight is 381 g/mol. The van der Waals surface area contributed by atoms with E-state index in [9.17, 15) is 14.4 Å². The van der Waals surface area contributed by atoms with Crippen LogP contribution in [0.1, 0.15) is 40.7 Å². The van der Waals surface area contributed by atoms with Gasteiger partial charge in [-0.15, -0.1) is 0 Å². The monoisotopic (exact) mass is 381 g/mol. The lowest BCUT2D eigenvalue weighted by atomic mass is 10.1. The fourth-order valence-corrected chi connectivity index (χ4v) is 2.73. The summed E-state index contributed by atoms with van der Waals surface area (Å²) in [6.07, 6.45) is 2.45. The SMILES string of the molecule is Cc1ccc(C(=O)NC2CC2)cc1NC(=O)Nc1cccc(CCC(=O)O)c1. The van der Waals surface area contributed by atoms with E-state index >= 15 is 0 Å². The van der Waals surface area contributed by atoms with Crippen LogP contribution in [0.4, 0.5) is 16.2 Å². The van der Waals surface area contributed by atoms with Crippen LogP contribution >= 0.6 is 0 Å². The molecular weight excluding hydrogens is 358 g/mol. The quantitative estimate of drug-likeness (QED) is 0.588. The second-order valence-corrected chi connectivity index (χ2v) is 6.95. The van der Waals surface area contributed by atoms with E-state index in [1.807, 2.05) is 13.0 Å². The molecule has 3 amide bonds. The molecular formula is C21H23N3O4. The molecule has 0 radical (unpaired) electrons. The number of carboxylic acid groups (broad SMARTS) is 1. The predicted octanol–water partition coefficient (Wildman–Crippen LogP) is 3.55. The number of aryl methyl sites for hydroxylation is 2. The molecule has 1 fully saturated rings. The number of carbonyl (C=O) groups is 3. The Morgan fingerprint density at radius 3 is 2.57 bits per heavy atom. The van der Waals surface area contributed by atoms with Crippen molar-refractivity contribution in [1.82, 2.24) is 5.32 Å². The van der Waals surface area contributed by atoms with Crippen LogP contribution in [0.2, 0.25) is 0 Å². The van der Waals surface area contributed by atoms with E-state index in [2.05, 4.69) is 16.0 Å². The second-order valence-electron chi connectivity index (χ2n) is 6.95. The number of hydrogen-bond acceptors (Lipinski definition) is 3. The summed E-state index contributed by atoms with van der Waals surface area (Å²) in [7, 11) is 0. The van der Waals surface area contributed by atoms with Gasteiger partial charge in [0.05, 0.1) is 0 Å². The van der Waals surface area contributed by atoms with Gasteiger partial charge in [-0.3, -0.25) is 9.59 Å². The molecule has 1 aliphatic carbocycles. The first-order valence-electron chi connectivity index (χ1n) is 9.21. The molecule has 146 valence electrons. The van der Waals surface area contributed by atoms with Gasteiger partial charge >= 0.3 is 12.0 Å². The Labute approximate surface area is 163 Å². The van der Waals surface area contributed by atoms with Crippen molar-refractivity contribution < 1.29 is 19.5 Å². The van der Waals surface area contributed by atoms with Crippen molar-refractivity contribution in [3.63, 3.8) is 0 Å². The van der Waals surface area contributed by atoms with Crippen molar-refractivity contribution >= 4 is 29.3 Å². The van der Waals surface area contributed by atoms with E-state index in [-0.39, 0.29) is 18.4 Å². The van der Waals surface area contributed by atoms with Gasteiger partial charge in [0.2, 0.25) is 0 Å². The number of hydrogen-bond donors (Lipinski definition) is 4. The minimum atomic E-state index is -0.864. The Bertz CT molecular complexity index is 906. The lowest BCUT2D eigenvalue weighted by Gasteiger charge is -2.12. The number of amides is 3. The lowest BCUT2D eigenvalue weighted by molar-refractivity contribution is -0.136. The third kappa shape index (κ3) is 5.57. The van der Waals surface area contributed by atoms with E-state index in [0.717, 1.165) is 24.0 Å². The molecule has 2 aromatic rings. The van der Waals surface area contributed by atoms with Gasteiger partial charge in [0.15, 0.2) is 0 Å². The summed E-state index contributed by atoms with van der Waals surface area (Å²) >= 11 is 0. The Balaban J connectivity index is 1.63. The van der Waals surface area contributed by atoms with E-state index < -0.39 is 12.0 Å². The number of aliphatic carboxylic acids is 1.